The van der Waals surface area contributed by atoms with Gasteiger partial charge in [0.25, 0.3) is 0 Å². The van der Waals surface area contributed by atoms with Crippen LogP contribution in [0.5, 0.6) is 5.75 Å². The van der Waals surface area contributed by atoms with Gasteiger partial charge in [0, 0.05) is 7.11 Å². The van der Waals surface area contributed by atoms with Crippen LogP contribution in [-0.4, -0.2) is 52.7 Å². The Hall–Kier alpha value is -1.33. The molecule has 0 aromatic heterocycles. The van der Waals surface area contributed by atoms with Crippen LogP contribution in [-0.2, 0) is 17.6 Å². The highest BCUT2D eigenvalue weighted by Crippen LogP contribution is 2.51. The van der Waals surface area contributed by atoms with Gasteiger partial charge in [-0.05, 0) is 67.4 Å². The molecular weight excluding hydrogens is 307 g/mol. The van der Waals surface area contributed by atoms with E-state index in [-0.39, 0.29) is 6.61 Å². The third-order valence-corrected chi connectivity index (χ3v) is 5.32. The van der Waals surface area contributed by atoms with Gasteiger partial charge in [-0.25, -0.2) is 4.39 Å². The molecule has 4 nitrogen and oxygen atoms in total. The van der Waals surface area contributed by atoms with Crippen molar-refractivity contribution in [2.24, 2.45) is 0 Å². The maximum absolute atomic E-state index is 14.2. The minimum Gasteiger partial charge on any atom is -0.490 e. The molecule has 1 aromatic carbocycles. The molecule has 5 heteroatoms. The van der Waals surface area contributed by atoms with Gasteiger partial charge in [-0.2, -0.15) is 0 Å². The molecule has 0 unspecified atom stereocenters. The molecule has 0 saturated heterocycles. The van der Waals surface area contributed by atoms with Gasteiger partial charge in [0.2, 0.25) is 0 Å². The molecule has 3 aliphatic rings. The summed E-state index contributed by atoms with van der Waals surface area (Å²) >= 11 is 0. The maximum Gasteiger partial charge on any atom is 0.143 e. The van der Waals surface area contributed by atoms with Crippen LogP contribution >= 0.6 is 0 Å². The van der Waals surface area contributed by atoms with E-state index in [4.69, 9.17) is 9.47 Å². The van der Waals surface area contributed by atoms with Gasteiger partial charge in [-0.3, -0.25) is 0 Å². The van der Waals surface area contributed by atoms with Crippen molar-refractivity contribution >= 4 is 5.69 Å². The van der Waals surface area contributed by atoms with Gasteiger partial charge >= 0.3 is 0 Å². The average molecular weight is 334 g/mol. The monoisotopic (exact) mass is 334 g/mol. The van der Waals surface area contributed by atoms with Crippen molar-refractivity contribution in [3.8, 4) is 5.75 Å². The van der Waals surface area contributed by atoms with Gasteiger partial charge < -0.3 is 19.7 Å². The molecule has 1 aliphatic carbocycles. The molecule has 2 heterocycles. The first-order chi connectivity index (χ1) is 11.8. The van der Waals surface area contributed by atoms with E-state index >= 15 is 0 Å². The Balaban J connectivity index is 1.74. The van der Waals surface area contributed by atoms with E-state index < -0.39 is 6.17 Å². The van der Waals surface area contributed by atoms with Gasteiger partial charge in [0.05, 0.1) is 25.4 Å². The van der Waals surface area contributed by atoms with E-state index in [1.165, 1.54) is 35.2 Å². The molecule has 2 aliphatic heterocycles. The number of halogens is 1. The second-order valence-electron chi connectivity index (χ2n) is 7.15. The van der Waals surface area contributed by atoms with Crippen molar-refractivity contribution in [2.75, 3.05) is 51.4 Å². The van der Waals surface area contributed by atoms with Gasteiger partial charge in [-0.1, -0.05) is 0 Å². The van der Waals surface area contributed by atoms with Crippen LogP contribution in [0.3, 0.4) is 0 Å². The second-order valence-corrected chi connectivity index (χ2v) is 7.15. The minimum atomic E-state index is -0.964. The summed E-state index contributed by atoms with van der Waals surface area (Å²) in [5, 5.41) is 3.50. The van der Waals surface area contributed by atoms with Crippen LogP contribution in [0, 0.1) is 0 Å². The summed E-state index contributed by atoms with van der Waals surface area (Å²) in [5.41, 5.74) is 5.55. The SMILES string of the molecule is COC[C@@H](F)CN1CCOc2cc3c(c(C4CC4)c21)CCNCC3. The molecule has 1 N–H and O–H groups in total. The van der Waals surface area contributed by atoms with Crippen molar-refractivity contribution < 1.29 is 13.9 Å². The van der Waals surface area contributed by atoms with E-state index in [9.17, 15) is 4.39 Å². The van der Waals surface area contributed by atoms with Crippen molar-refractivity contribution in [1.29, 1.82) is 0 Å². The first kappa shape index (κ1) is 16.2. The molecule has 1 atom stereocenters. The Morgan fingerprint density at radius 2 is 2.21 bits per heavy atom. The normalized spacial score (nSPS) is 21.5. The lowest BCUT2D eigenvalue weighted by molar-refractivity contribution is 0.125. The van der Waals surface area contributed by atoms with E-state index in [0.29, 0.717) is 19.1 Å². The predicted octanol–water partition coefficient (Wildman–Crippen LogP) is 2.44. The third kappa shape index (κ3) is 3.11. The molecule has 1 aromatic rings. The highest BCUT2D eigenvalue weighted by Gasteiger charge is 2.35. The molecule has 1 saturated carbocycles. The molecule has 132 valence electrons. The number of rotatable bonds is 5. The Bertz CT molecular complexity index is 604. The molecule has 24 heavy (non-hydrogen) atoms. The van der Waals surface area contributed by atoms with Crippen molar-refractivity contribution in [3.63, 3.8) is 0 Å². The number of methoxy groups -OCH3 is 1. The Labute approximate surface area is 143 Å². The number of ether oxygens (including phenoxy) is 2. The molecule has 1 fully saturated rings. The summed E-state index contributed by atoms with van der Waals surface area (Å²) in [4.78, 5) is 2.20. The Morgan fingerprint density at radius 1 is 1.38 bits per heavy atom. The second kappa shape index (κ2) is 6.89. The zero-order chi connectivity index (χ0) is 16.5. The van der Waals surface area contributed by atoms with Crippen LogP contribution in [0.1, 0.15) is 35.4 Å². The maximum atomic E-state index is 14.2. The van der Waals surface area contributed by atoms with Gasteiger partial charge in [0.1, 0.15) is 18.5 Å². The van der Waals surface area contributed by atoms with Crippen molar-refractivity contribution in [3.05, 3.63) is 22.8 Å². The predicted molar refractivity (Wildman–Crippen MR) is 93.2 cm³/mol. The standard InChI is InChI=1S/C19H27FN2O2/c1-23-12-15(20)11-22-8-9-24-17-10-14-4-6-21-7-5-16(14)18(19(17)22)13-2-3-13/h10,13,15,21H,2-9,11-12H2,1H3/t15-/m0/s1. The fourth-order valence-electron chi connectivity index (χ4n) is 4.12. The van der Waals surface area contributed by atoms with Crippen LogP contribution in [0.15, 0.2) is 6.07 Å². The largest absolute Gasteiger partial charge is 0.490 e. The van der Waals surface area contributed by atoms with Crippen molar-refractivity contribution in [2.45, 2.75) is 37.8 Å². The quantitative estimate of drug-likeness (QED) is 0.897. The first-order valence-corrected chi connectivity index (χ1v) is 9.18. The summed E-state index contributed by atoms with van der Waals surface area (Å²) in [6.45, 7) is 3.99. The summed E-state index contributed by atoms with van der Waals surface area (Å²) in [6.07, 6.45) is 3.66. The summed E-state index contributed by atoms with van der Waals surface area (Å²) in [7, 11) is 1.56. The number of nitrogens with one attached hydrogen (secondary N) is 1. The third-order valence-electron chi connectivity index (χ3n) is 5.32. The van der Waals surface area contributed by atoms with Crippen LogP contribution in [0.2, 0.25) is 0 Å². The summed E-state index contributed by atoms with van der Waals surface area (Å²) in [6, 6.07) is 2.22. The molecule has 0 spiro atoms. The summed E-state index contributed by atoms with van der Waals surface area (Å²) in [5.74, 6) is 1.60. The highest BCUT2D eigenvalue weighted by atomic mass is 19.1. The fourth-order valence-corrected chi connectivity index (χ4v) is 4.12. The number of hydrogen-bond acceptors (Lipinski definition) is 4. The van der Waals surface area contributed by atoms with Gasteiger partial charge in [-0.15, -0.1) is 0 Å². The average Bonchev–Trinajstić information content (AvgIpc) is 3.40. The summed E-state index contributed by atoms with van der Waals surface area (Å²) < 4.78 is 25.2. The zero-order valence-electron chi connectivity index (χ0n) is 14.4. The van der Waals surface area contributed by atoms with Crippen LogP contribution in [0.25, 0.3) is 0 Å². The molecule has 0 radical (unpaired) electrons. The number of benzene rings is 1. The lowest BCUT2D eigenvalue weighted by atomic mass is 9.91. The highest BCUT2D eigenvalue weighted by molar-refractivity contribution is 5.71. The number of hydrogen-bond donors (Lipinski definition) is 1. The number of fused-ring (bicyclic) bond motifs is 2. The fraction of sp³-hybridized carbons (Fsp3) is 0.684. The Morgan fingerprint density at radius 3 is 3.00 bits per heavy atom. The minimum absolute atomic E-state index is 0.153. The smallest absolute Gasteiger partial charge is 0.143 e. The van der Waals surface area contributed by atoms with E-state index in [2.05, 4.69) is 16.3 Å². The molecule has 0 amide bonds. The Kier molecular flexibility index (Phi) is 4.63. The lowest BCUT2D eigenvalue weighted by Gasteiger charge is -2.35. The van der Waals surface area contributed by atoms with E-state index in [1.54, 1.807) is 7.11 Å². The van der Waals surface area contributed by atoms with Gasteiger partial charge in [0.15, 0.2) is 0 Å². The molecule has 0 bridgehead atoms. The lowest BCUT2D eigenvalue weighted by Crippen LogP contribution is -2.39. The van der Waals surface area contributed by atoms with Crippen molar-refractivity contribution in [1.82, 2.24) is 5.32 Å². The molecular formula is C19H27FN2O2. The number of alkyl halides is 1. The van der Waals surface area contributed by atoms with Crippen LogP contribution in [0.4, 0.5) is 10.1 Å². The zero-order valence-corrected chi connectivity index (χ0v) is 14.4. The number of nitrogens with zero attached hydrogens (tertiary/aromatic N) is 1. The first-order valence-electron chi connectivity index (χ1n) is 9.18. The van der Waals surface area contributed by atoms with E-state index in [0.717, 1.165) is 38.2 Å². The van der Waals surface area contributed by atoms with E-state index in [1.807, 2.05) is 0 Å². The topological polar surface area (TPSA) is 33.7 Å². The number of anilines is 1. The molecule has 4 rings (SSSR count). The van der Waals surface area contributed by atoms with Crippen LogP contribution < -0.4 is 15.0 Å².